The average Bonchev–Trinajstić information content (AvgIpc) is 2.78. The van der Waals surface area contributed by atoms with Crippen LogP contribution in [0.4, 0.5) is 11.4 Å². The van der Waals surface area contributed by atoms with Gasteiger partial charge in [-0.2, -0.15) is 11.8 Å². The summed E-state index contributed by atoms with van der Waals surface area (Å²) in [6.07, 6.45) is 1.96. The van der Waals surface area contributed by atoms with Crippen molar-refractivity contribution < 1.29 is 9.74 Å². The first kappa shape index (κ1) is 13.0. The lowest BCUT2D eigenvalue weighted by molar-refractivity contribution is 0.0997. The molecule has 0 spiro atoms. The van der Waals surface area contributed by atoms with Gasteiger partial charge in [-0.1, -0.05) is 0 Å². The van der Waals surface area contributed by atoms with Crippen LogP contribution in [0.15, 0.2) is 16.8 Å². The van der Waals surface area contributed by atoms with Crippen LogP contribution in [0.2, 0.25) is 0 Å². The Labute approximate surface area is 109 Å². The van der Waals surface area contributed by atoms with Gasteiger partial charge in [0.05, 0.1) is 17.0 Å². The molecule has 0 amide bonds. The number of rotatable bonds is 5. The molecule has 0 saturated heterocycles. The van der Waals surface area contributed by atoms with Crippen molar-refractivity contribution in [1.29, 1.82) is 0 Å². The molecule has 0 aliphatic heterocycles. The molecule has 98 valence electrons. The molecule has 0 radical (unpaired) electrons. The fourth-order valence-corrected chi connectivity index (χ4v) is 2.40. The summed E-state index contributed by atoms with van der Waals surface area (Å²) in [4.78, 5) is 0. The maximum Gasteiger partial charge on any atom is 0.160 e. The van der Waals surface area contributed by atoms with Gasteiger partial charge in [0.25, 0.3) is 0 Å². The van der Waals surface area contributed by atoms with Crippen molar-refractivity contribution in [3.05, 3.63) is 12.1 Å². The monoisotopic (exact) mass is 268 g/mol. The highest BCUT2D eigenvalue weighted by atomic mass is 32.2. The maximum atomic E-state index is 10.1. The molecule has 0 fully saturated rings. The SMILES string of the molecule is CSCC(C)(O)CNc1ccc(N)c2nonc12. The van der Waals surface area contributed by atoms with E-state index in [1.807, 2.05) is 6.26 Å². The summed E-state index contributed by atoms with van der Waals surface area (Å²) in [5.41, 5.74) is 7.35. The second-order valence-corrected chi connectivity index (χ2v) is 5.31. The molecule has 1 atom stereocenters. The van der Waals surface area contributed by atoms with E-state index in [1.165, 1.54) is 0 Å². The number of nitrogens with two attached hydrogens (primary N) is 1. The molecule has 1 unspecified atom stereocenters. The Morgan fingerprint density at radius 1 is 1.44 bits per heavy atom. The molecule has 7 heteroatoms. The number of nitrogens with zero attached hydrogens (tertiary/aromatic N) is 2. The number of anilines is 2. The minimum atomic E-state index is -0.787. The van der Waals surface area contributed by atoms with Gasteiger partial charge < -0.3 is 16.2 Å². The zero-order valence-electron chi connectivity index (χ0n) is 10.3. The van der Waals surface area contributed by atoms with E-state index in [0.717, 1.165) is 5.69 Å². The summed E-state index contributed by atoms with van der Waals surface area (Å²) in [7, 11) is 0. The van der Waals surface area contributed by atoms with Crippen LogP contribution in [0, 0.1) is 0 Å². The van der Waals surface area contributed by atoms with E-state index in [2.05, 4.69) is 20.3 Å². The lowest BCUT2D eigenvalue weighted by atomic mass is 10.1. The fraction of sp³-hybridized carbons (Fsp3) is 0.455. The Morgan fingerprint density at radius 3 is 2.89 bits per heavy atom. The number of thioether (sulfide) groups is 1. The van der Waals surface area contributed by atoms with Crippen LogP contribution in [0.25, 0.3) is 11.0 Å². The molecule has 2 aromatic rings. The van der Waals surface area contributed by atoms with E-state index < -0.39 is 5.60 Å². The van der Waals surface area contributed by atoms with Gasteiger partial charge in [0.2, 0.25) is 0 Å². The number of benzene rings is 1. The van der Waals surface area contributed by atoms with Crippen molar-refractivity contribution >= 4 is 34.2 Å². The maximum absolute atomic E-state index is 10.1. The van der Waals surface area contributed by atoms with Gasteiger partial charge in [0.1, 0.15) is 0 Å². The molecular weight excluding hydrogens is 252 g/mol. The Hall–Kier alpha value is -1.47. The molecule has 1 aromatic heterocycles. The number of aliphatic hydroxyl groups is 1. The number of hydrogen-bond acceptors (Lipinski definition) is 7. The molecule has 1 heterocycles. The molecule has 6 nitrogen and oxygen atoms in total. The largest absolute Gasteiger partial charge is 0.397 e. The van der Waals surface area contributed by atoms with Crippen LogP contribution < -0.4 is 11.1 Å². The van der Waals surface area contributed by atoms with Crippen molar-refractivity contribution in [3.63, 3.8) is 0 Å². The lowest BCUT2D eigenvalue weighted by Gasteiger charge is -2.23. The van der Waals surface area contributed by atoms with E-state index >= 15 is 0 Å². The second-order valence-electron chi connectivity index (χ2n) is 4.45. The van der Waals surface area contributed by atoms with Crippen molar-refractivity contribution in [2.75, 3.05) is 29.6 Å². The third kappa shape index (κ3) is 2.68. The smallest absolute Gasteiger partial charge is 0.160 e. The molecule has 18 heavy (non-hydrogen) atoms. The molecule has 1 aromatic carbocycles. The van der Waals surface area contributed by atoms with Crippen LogP contribution in [-0.2, 0) is 0 Å². The van der Waals surface area contributed by atoms with E-state index in [9.17, 15) is 5.11 Å². The predicted octanol–water partition coefficient (Wildman–Crippen LogP) is 1.33. The third-order valence-corrected chi connectivity index (χ3v) is 3.47. The van der Waals surface area contributed by atoms with Crippen molar-refractivity contribution in [2.24, 2.45) is 0 Å². The minimum absolute atomic E-state index is 0.416. The summed E-state index contributed by atoms with van der Waals surface area (Å²) in [5, 5.41) is 20.8. The van der Waals surface area contributed by atoms with E-state index in [-0.39, 0.29) is 0 Å². The minimum Gasteiger partial charge on any atom is -0.397 e. The molecule has 2 rings (SSSR count). The highest BCUT2D eigenvalue weighted by Crippen LogP contribution is 2.25. The normalized spacial score (nSPS) is 14.6. The Morgan fingerprint density at radius 2 is 2.17 bits per heavy atom. The zero-order valence-corrected chi connectivity index (χ0v) is 11.1. The summed E-state index contributed by atoms with van der Waals surface area (Å²) in [5.74, 6) is 0.648. The molecule has 0 bridgehead atoms. The Kier molecular flexibility index (Phi) is 3.63. The molecular formula is C11H16N4O2S. The predicted molar refractivity (Wildman–Crippen MR) is 73.7 cm³/mol. The van der Waals surface area contributed by atoms with E-state index in [1.54, 1.807) is 30.8 Å². The molecule has 4 N–H and O–H groups in total. The van der Waals surface area contributed by atoms with Gasteiger partial charge in [-0.25, -0.2) is 4.63 Å². The molecule has 0 saturated carbocycles. The van der Waals surface area contributed by atoms with Gasteiger partial charge in [-0.05, 0) is 35.6 Å². The number of nitrogen functional groups attached to an aromatic ring is 1. The number of fused-ring (bicyclic) bond motifs is 1. The van der Waals surface area contributed by atoms with Gasteiger partial charge in [-0.3, -0.25) is 0 Å². The standard InChI is InChI=1S/C11H16N4O2S/c1-11(16,6-18-2)5-13-8-4-3-7(12)9-10(8)15-17-14-9/h3-4,13,16H,5-6,12H2,1-2H3. The fourth-order valence-electron chi connectivity index (χ4n) is 1.68. The van der Waals surface area contributed by atoms with Crippen molar-refractivity contribution in [3.8, 4) is 0 Å². The molecule has 0 aliphatic carbocycles. The summed E-state index contributed by atoms with van der Waals surface area (Å²) in [6, 6.07) is 3.54. The highest BCUT2D eigenvalue weighted by molar-refractivity contribution is 7.98. The zero-order chi connectivity index (χ0) is 13.2. The summed E-state index contributed by atoms with van der Waals surface area (Å²) in [6.45, 7) is 2.20. The lowest BCUT2D eigenvalue weighted by Crippen LogP contribution is -2.36. The van der Waals surface area contributed by atoms with Crippen molar-refractivity contribution in [2.45, 2.75) is 12.5 Å². The van der Waals surface area contributed by atoms with Gasteiger partial charge in [0.15, 0.2) is 11.0 Å². The van der Waals surface area contributed by atoms with Crippen molar-refractivity contribution in [1.82, 2.24) is 10.3 Å². The first-order chi connectivity index (χ1) is 8.53. The van der Waals surface area contributed by atoms with Crippen LogP contribution in [0.1, 0.15) is 6.92 Å². The quantitative estimate of drug-likeness (QED) is 0.704. The van der Waals surface area contributed by atoms with Crippen LogP contribution >= 0.6 is 11.8 Å². The van der Waals surface area contributed by atoms with Crippen LogP contribution in [-0.4, -0.2) is 39.6 Å². The summed E-state index contributed by atoms with van der Waals surface area (Å²) < 4.78 is 4.68. The van der Waals surface area contributed by atoms with E-state index in [0.29, 0.717) is 29.0 Å². The Bertz CT molecular complexity index is 541. The summed E-state index contributed by atoms with van der Waals surface area (Å²) >= 11 is 1.59. The average molecular weight is 268 g/mol. The van der Waals surface area contributed by atoms with Gasteiger partial charge in [0, 0.05) is 12.3 Å². The number of aromatic nitrogens is 2. The second kappa shape index (κ2) is 5.03. The Balaban J connectivity index is 2.17. The van der Waals surface area contributed by atoms with E-state index in [4.69, 9.17) is 5.73 Å². The number of nitrogens with one attached hydrogen (secondary N) is 1. The molecule has 0 aliphatic rings. The number of hydrogen-bond donors (Lipinski definition) is 3. The van der Waals surface area contributed by atoms with Crippen LogP contribution in [0.3, 0.4) is 0 Å². The van der Waals surface area contributed by atoms with Crippen LogP contribution in [0.5, 0.6) is 0 Å². The van der Waals surface area contributed by atoms with Gasteiger partial charge in [-0.15, -0.1) is 0 Å². The topological polar surface area (TPSA) is 97.2 Å². The third-order valence-electron chi connectivity index (χ3n) is 2.56. The highest BCUT2D eigenvalue weighted by Gasteiger charge is 2.20. The first-order valence-electron chi connectivity index (χ1n) is 5.49. The first-order valence-corrected chi connectivity index (χ1v) is 6.89. The van der Waals surface area contributed by atoms with Gasteiger partial charge >= 0.3 is 0 Å².